The second-order valence-corrected chi connectivity index (χ2v) is 6.86. The predicted octanol–water partition coefficient (Wildman–Crippen LogP) is 6.15. The summed E-state index contributed by atoms with van der Waals surface area (Å²) >= 11 is 0. The summed E-state index contributed by atoms with van der Waals surface area (Å²) in [4.78, 5) is 12.7. The normalized spacial score (nSPS) is 11.1. The van der Waals surface area contributed by atoms with Crippen LogP contribution >= 0.6 is 0 Å². The van der Waals surface area contributed by atoms with E-state index in [9.17, 15) is 18.0 Å². The zero-order valence-corrected chi connectivity index (χ0v) is 16.4. The number of nitriles is 1. The van der Waals surface area contributed by atoms with Crippen molar-refractivity contribution in [3.05, 3.63) is 95.7 Å². The minimum atomic E-state index is -4.38. The maximum atomic E-state index is 12.7. The number of carbonyl (C=O) groups excluding carboxylic acids is 1. The van der Waals surface area contributed by atoms with Gasteiger partial charge in [-0.2, -0.15) is 18.4 Å². The molecule has 0 atom stereocenters. The van der Waals surface area contributed by atoms with Gasteiger partial charge in [-0.3, -0.25) is 4.79 Å². The van der Waals surface area contributed by atoms with Gasteiger partial charge in [0.1, 0.15) is 5.56 Å². The third-order valence-corrected chi connectivity index (χ3v) is 4.78. The van der Waals surface area contributed by atoms with Gasteiger partial charge in [-0.1, -0.05) is 29.4 Å². The first kappa shape index (κ1) is 20.9. The molecule has 4 rings (SSSR count). The van der Waals surface area contributed by atoms with E-state index in [4.69, 9.17) is 9.78 Å². The molecule has 158 valence electrons. The summed E-state index contributed by atoms with van der Waals surface area (Å²) in [5.41, 5.74) is 2.42. The van der Waals surface area contributed by atoms with Gasteiger partial charge in [0.15, 0.2) is 5.76 Å². The molecule has 1 aromatic heterocycles. The lowest BCUT2D eigenvalue weighted by Crippen LogP contribution is -2.12. The van der Waals surface area contributed by atoms with Crippen LogP contribution in [-0.2, 0) is 6.18 Å². The average Bonchev–Trinajstić information content (AvgIpc) is 3.29. The summed E-state index contributed by atoms with van der Waals surface area (Å²) in [6, 6.07) is 20.1. The maximum Gasteiger partial charge on any atom is 0.416 e. The van der Waals surface area contributed by atoms with E-state index in [1.165, 1.54) is 18.3 Å². The SMILES string of the molecule is N#Cc1ccc(-c2oncc2C(=O)Nc2ccc(-c3ccc(C(F)(F)F)cc3)cc2)cc1. The quantitative estimate of drug-likeness (QED) is 0.419. The predicted molar refractivity (Wildman–Crippen MR) is 111 cm³/mol. The Morgan fingerprint density at radius 2 is 1.44 bits per heavy atom. The molecular weight excluding hydrogens is 419 g/mol. The van der Waals surface area contributed by atoms with E-state index in [2.05, 4.69) is 10.5 Å². The Kier molecular flexibility index (Phi) is 5.48. The van der Waals surface area contributed by atoms with Gasteiger partial charge < -0.3 is 9.84 Å². The van der Waals surface area contributed by atoms with Gasteiger partial charge in [0, 0.05) is 11.3 Å². The number of hydrogen-bond donors (Lipinski definition) is 1. The molecule has 4 aromatic rings. The van der Waals surface area contributed by atoms with Crippen molar-refractivity contribution in [1.29, 1.82) is 5.26 Å². The summed E-state index contributed by atoms with van der Waals surface area (Å²) in [6.07, 6.45) is -3.08. The molecule has 8 heteroatoms. The van der Waals surface area contributed by atoms with Crippen molar-refractivity contribution in [2.45, 2.75) is 6.18 Å². The zero-order chi connectivity index (χ0) is 22.7. The van der Waals surface area contributed by atoms with E-state index in [0.29, 0.717) is 27.9 Å². The highest BCUT2D eigenvalue weighted by molar-refractivity contribution is 6.07. The van der Waals surface area contributed by atoms with Crippen LogP contribution in [0.25, 0.3) is 22.5 Å². The Hall–Kier alpha value is -4.38. The number of aromatic nitrogens is 1. The Balaban J connectivity index is 1.49. The molecule has 5 nitrogen and oxygen atoms in total. The number of amides is 1. The van der Waals surface area contributed by atoms with Crippen LogP contribution in [0.3, 0.4) is 0 Å². The highest BCUT2D eigenvalue weighted by atomic mass is 19.4. The summed E-state index contributed by atoms with van der Waals surface area (Å²) in [6.45, 7) is 0. The highest BCUT2D eigenvalue weighted by Gasteiger charge is 2.30. The minimum Gasteiger partial charge on any atom is -0.355 e. The molecule has 0 fully saturated rings. The third-order valence-electron chi connectivity index (χ3n) is 4.78. The summed E-state index contributed by atoms with van der Waals surface area (Å²) < 4.78 is 43.4. The molecule has 0 unspecified atom stereocenters. The van der Waals surface area contributed by atoms with Crippen LogP contribution in [0.4, 0.5) is 18.9 Å². The molecule has 0 spiro atoms. The maximum absolute atomic E-state index is 12.7. The van der Waals surface area contributed by atoms with Crippen molar-refractivity contribution < 1.29 is 22.5 Å². The number of hydrogen-bond acceptors (Lipinski definition) is 4. The van der Waals surface area contributed by atoms with Crippen molar-refractivity contribution in [3.63, 3.8) is 0 Å². The number of anilines is 1. The van der Waals surface area contributed by atoms with Crippen LogP contribution in [0.15, 0.2) is 83.5 Å². The molecule has 32 heavy (non-hydrogen) atoms. The van der Waals surface area contributed by atoms with Gasteiger partial charge in [0.25, 0.3) is 5.91 Å². The number of nitrogens with one attached hydrogen (secondary N) is 1. The highest BCUT2D eigenvalue weighted by Crippen LogP contribution is 2.31. The van der Waals surface area contributed by atoms with Gasteiger partial charge >= 0.3 is 6.18 Å². The fraction of sp³-hybridized carbons (Fsp3) is 0.0417. The number of rotatable bonds is 4. The lowest BCUT2D eigenvalue weighted by atomic mass is 10.0. The van der Waals surface area contributed by atoms with Crippen molar-refractivity contribution in [3.8, 4) is 28.5 Å². The summed E-state index contributed by atoms with van der Waals surface area (Å²) in [5, 5.41) is 15.4. The van der Waals surface area contributed by atoms with Crippen molar-refractivity contribution >= 4 is 11.6 Å². The van der Waals surface area contributed by atoms with Gasteiger partial charge in [0.2, 0.25) is 0 Å². The molecule has 0 bridgehead atoms. The first-order chi connectivity index (χ1) is 15.3. The van der Waals surface area contributed by atoms with E-state index in [1.54, 1.807) is 48.5 Å². The molecule has 1 amide bonds. The lowest BCUT2D eigenvalue weighted by molar-refractivity contribution is -0.137. The van der Waals surface area contributed by atoms with Crippen LogP contribution in [-0.4, -0.2) is 11.1 Å². The van der Waals surface area contributed by atoms with E-state index in [0.717, 1.165) is 12.1 Å². The zero-order valence-electron chi connectivity index (χ0n) is 16.4. The smallest absolute Gasteiger partial charge is 0.355 e. The molecule has 1 N–H and O–H groups in total. The molecule has 0 aliphatic heterocycles. The second kappa shape index (κ2) is 8.40. The van der Waals surface area contributed by atoms with Gasteiger partial charge in [-0.15, -0.1) is 0 Å². The Morgan fingerprint density at radius 1 is 0.875 bits per heavy atom. The number of benzene rings is 3. The second-order valence-electron chi connectivity index (χ2n) is 6.86. The fourth-order valence-corrected chi connectivity index (χ4v) is 3.10. The number of halogens is 3. The molecule has 0 saturated carbocycles. The lowest BCUT2D eigenvalue weighted by Gasteiger charge is -2.09. The Bertz CT molecular complexity index is 1280. The minimum absolute atomic E-state index is 0.224. The number of carbonyl (C=O) groups is 1. The number of alkyl halides is 3. The standard InChI is InChI=1S/C24H14F3N3O2/c25-24(26,27)19-9-5-16(6-10-19)17-7-11-20(12-8-17)30-23(31)21-14-29-32-22(21)18-3-1-15(13-28)2-4-18/h1-12,14H,(H,30,31). The molecule has 3 aromatic carbocycles. The monoisotopic (exact) mass is 433 g/mol. The van der Waals surface area contributed by atoms with Crippen LogP contribution in [0.2, 0.25) is 0 Å². The molecule has 0 aliphatic rings. The van der Waals surface area contributed by atoms with Crippen molar-refractivity contribution in [2.75, 3.05) is 5.32 Å². The van der Waals surface area contributed by atoms with E-state index in [-0.39, 0.29) is 11.3 Å². The van der Waals surface area contributed by atoms with Crippen LogP contribution < -0.4 is 5.32 Å². The largest absolute Gasteiger partial charge is 0.416 e. The van der Waals surface area contributed by atoms with E-state index >= 15 is 0 Å². The molecule has 0 radical (unpaired) electrons. The third kappa shape index (κ3) is 4.37. The molecule has 1 heterocycles. The van der Waals surface area contributed by atoms with Crippen molar-refractivity contribution in [1.82, 2.24) is 5.16 Å². The fourth-order valence-electron chi connectivity index (χ4n) is 3.10. The summed E-state index contributed by atoms with van der Waals surface area (Å²) in [7, 11) is 0. The van der Waals surface area contributed by atoms with E-state index in [1.807, 2.05) is 6.07 Å². The topological polar surface area (TPSA) is 78.9 Å². The van der Waals surface area contributed by atoms with Gasteiger partial charge in [0.05, 0.1) is 23.4 Å². The van der Waals surface area contributed by atoms with Crippen LogP contribution in [0.5, 0.6) is 0 Å². The van der Waals surface area contributed by atoms with Gasteiger partial charge in [-0.05, 0) is 59.7 Å². The Morgan fingerprint density at radius 3 is 2.00 bits per heavy atom. The Labute approximate surface area is 180 Å². The average molecular weight is 433 g/mol. The first-order valence-electron chi connectivity index (χ1n) is 9.39. The molecular formula is C24H14F3N3O2. The van der Waals surface area contributed by atoms with Crippen LogP contribution in [0.1, 0.15) is 21.5 Å². The van der Waals surface area contributed by atoms with Crippen molar-refractivity contribution in [2.24, 2.45) is 0 Å². The van der Waals surface area contributed by atoms with E-state index < -0.39 is 17.6 Å². The first-order valence-corrected chi connectivity index (χ1v) is 9.39. The molecule has 0 aliphatic carbocycles. The number of nitrogens with zero attached hydrogens (tertiary/aromatic N) is 2. The molecule has 0 saturated heterocycles. The van der Waals surface area contributed by atoms with Crippen LogP contribution in [0, 0.1) is 11.3 Å². The summed E-state index contributed by atoms with van der Waals surface area (Å²) in [5.74, 6) is -0.166. The van der Waals surface area contributed by atoms with Gasteiger partial charge in [-0.25, -0.2) is 0 Å².